The first-order valence-corrected chi connectivity index (χ1v) is 21.7. The zero-order valence-corrected chi connectivity index (χ0v) is 36.3. The van der Waals surface area contributed by atoms with Crippen LogP contribution in [0.4, 0.5) is 45.5 Å². The first-order chi connectivity index (χ1) is 27.6. The lowest BCUT2D eigenvalue weighted by Crippen LogP contribution is -2.64. The van der Waals surface area contributed by atoms with Crippen molar-refractivity contribution in [2.45, 2.75) is 117 Å². The van der Waals surface area contributed by atoms with Crippen molar-refractivity contribution in [3.05, 3.63) is 149 Å². The molecule has 58 heavy (non-hydrogen) atoms. The second-order valence-corrected chi connectivity index (χ2v) is 20.3. The molecule has 0 radical (unpaired) electrons. The van der Waals surface area contributed by atoms with E-state index in [2.05, 4.69) is 205 Å². The minimum atomic E-state index is 0.0206. The van der Waals surface area contributed by atoms with Gasteiger partial charge in [-0.25, -0.2) is 0 Å². The van der Waals surface area contributed by atoms with E-state index in [1.165, 1.54) is 110 Å². The van der Waals surface area contributed by atoms with Gasteiger partial charge in [0.2, 0.25) is 0 Å². The second kappa shape index (κ2) is 12.6. The van der Waals surface area contributed by atoms with Gasteiger partial charge in [-0.1, -0.05) is 134 Å². The molecule has 3 nitrogen and oxygen atoms in total. The van der Waals surface area contributed by atoms with E-state index in [0.29, 0.717) is 0 Å². The predicted molar refractivity (Wildman–Crippen MR) is 250 cm³/mol. The van der Waals surface area contributed by atoms with Crippen LogP contribution in [0.2, 0.25) is 0 Å². The standard InChI is InChI=1S/C54H58BN3/c1-35-32-38(52(6,7)8)33-36(2)49(35)56(40-26-24-37(25-27-40)51(3,4)5)41-28-29-43-47(34-41)57(39-18-12-11-13-19-39)45-22-17-23-46-48(45)55(43)44-21-16-20-42-50(44)58(46)54(10)31-15-14-30-53(42,54)9/h11-13,16-29,32-34H,14-15,30-31H2,1-10H3. The molecule has 4 aliphatic rings. The van der Waals surface area contributed by atoms with Crippen molar-refractivity contribution in [2.75, 3.05) is 14.7 Å². The molecule has 0 amide bonds. The summed E-state index contributed by atoms with van der Waals surface area (Å²) in [6.07, 6.45) is 5.00. The van der Waals surface area contributed by atoms with Crippen LogP contribution in [0.15, 0.2) is 121 Å². The quantitative estimate of drug-likeness (QED) is 0.166. The Bertz CT molecular complexity index is 2590. The van der Waals surface area contributed by atoms with Gasteiger partial charge in [0.05, 0.1) is 11.2 Å². The number of para-hydroxylation sites is 2. The van der Waals surface area contributed by atoms with Crippen LogP contribution in [-0.4, -0.2) is 12.3 Å². The monoisotopic (exact) mass is 759 g/mol. The van der Waals surface area contributed by atoms with Crippen LogP contribution in [-0.2, 0) is 16.2 Å². The van der Waals surface area contributed by atoms with Crippen LogP contribution in [0, 0.1) is 13.8 Å². The molecule has 3 heterocycles. The van der Waals surface area contributed by atoms with Gasteiger partial charge in [0.1, 0.15) is 0 Å². The average Bonchev–Trinajstić information content (AvgIpc) is 3.41. The van der Waals surface area contributed by atoms with Gasteiger partial charge in [-0.2, -0.15) is 0 Å². The maximum Gasteiger partial charge on any atom is 0.252 e. The van der Waals surface area contributed by atoms with Crippen LogP contribution in [0.3, 0.4) is 0 Å². The Morgan fingerprint density at radius 1 is 0.586 bits per heavy atom. The molecule has 0 aromatic heterocycles. The van der Waals surface area contributed by atoms with Gasteiger partial charge in [0.25, 0.3) is 6.71 Å². The van der Waals surface area contributed by atoms with Gasteiger partial charge >= 0.3 is 0 Å². The zero-order chi connectivity index (χ0) is 40.5. The lowest BCUT2D eigenvalue weighted by atomic mass is 9.33. The van der Waals surface area contributed by atoms with Crippen molar-refractivity contribution in [1.82, 2.24) is 0 Å². The highest BCUT2D eigenvalue weighted by molar-refractivity contribution is 7.00. The van der Waals surface area contributed by atoms with E-state index in [0.717, 1.165) is 0 Å². The van der Waals surface area contributed by atoms with E-state index in [-0.39, 0.29) is 28.5 Å². The van der Waals surface area contributed by atoms with E-state index in [9.17, 15) is 0 Å². The summed E-state index contributed by atoms with van der Waals surface area (Å²) in [4.78, 5) is 7.89. The zero-order valence-electron chi connectivity index (χ0n) is 36.3. The van der Waals surface area contributed by atoms with E-state index >= 15 is 0 Å². The van der Waals surface area contributed by atoms with E-state index in [1.54, 1.807) is 5.56 Å². The Morgan fingerprint density at radius 3 is 1.91 bits per heavy atom. The minimum absolute atomic E-state index is 0.0206. The molecule has 4 heteroatoms. The lowest BCUT2D eigenvalue weighted by Gasteiger charge is -2.52. The molecule has 2 atom stereocenters. The number of nitrogens with zero attached hydrogens (tertiary/aromatic N) is 3. The summed E-state index contributed by atoms with van der Waals surface area (Å²) in [5.74, 6) is 0. The molecule has 3 aliphatic heterocycles. The van der Waals surface area contributed by atoms with Crippen molar-refractivity contribution in [3.63, 3.8) is 0 Å². The third-order valence-electron chi connectivity index (χ3n) is 14.7. The third-order valence-corrected chi connectivity index (χ3v) is 14.7. The van der Waals surface area contributed by atoms with Gasteiger partial charge in [0.15, 0.2) is 0 Å². The summed E-state index contributed by atoms with van der Waals surface area (Å²) in [5, 5.41) is 0. The minimum Gasteiger partial charge on any atom is -0.335 e. The maximum atomic E-state index is 2.81. The number of hydrogen-bond acceptors (Lipinski definition) is 3. The van der Waals surface area contributed by atoms with Gasteiger partial charge in [-0.3, -0.25) is 0 Å². The van der Waals surface area contributed by atoms with E-state index < -0.39 is 0 Å². The van der Waals surface area contributed by atoms with Crippen molar-refractivity contribution >= 4 is 68.6 Å². The van der Waals surface area contributed by atoms with Gasteiger partial charge in [-0.05, 0) is 137 Å². The van der Waals surface area contributed by atoms with Crippen LogP contribution in [0.1, 0.15) is 109 Å². The Morgan fingerprint density at radius 2 is 1.22 bits per heavy atom. The number of fused-ring (bicyclic) bond motifs is 7. The summed E-state index contributed by atoms with van der Waals surface area (Å²) in [5.41, 5.74) is 21.5. The molecule has 10 rings (SSSR count). The molecular weight excluding hydrogens is 701 g/mol. The van der Waals surface area contributed by atoms with Crippen LogP contribution < -0.4 is 31.1 Å². The molecule has 0 bridgehead atoms. The molecule has 1 saturated carbocycles. The molecule has 2 unspecified atom stereocenters. The van der Waals surface area contributed by atoms with Crippen LogP contribution in [0.5, 0.6) is 0 Å². The molecule has 0 saturated heterocycles. The summed E-state index contributed by atoms with van der Waals surface area (Å²) in [6.45, 7) is 23.7. The number of aryl methyl sites for hydroxylation is 2. The lowest BCUT2D eigenvalue weighted by molar-refractivity contribution is 0.195. The first-order valence-electron chi connectivity index (χ1n) is 21.7. The fourth-order valence-electron chi connectivity index (χ4n) is 11.5. The Balaban J connectivity index is 1.23. The van der Waals surface area contributed by atoms with E-state index in [1.807, 2.05) is 0 Å². The van der Waals surface area contributed by atoms with Crippen molar-refractivity contribution in [2.24, 2.45) is 0 Å². The van der Waals surface area contributed by atoms with Gasteiger partial charge in [-0.15, -0.1) is 0 Å². The summed E-state index contributed by atoms with van der Waals surface area (Å²) < 4.78 is 0. The average molecular weight is 760 g/mol. The number of hydrogen-bond donors (Lipinski definition) is 0. The fourth-order valence-corrected chi connectivity index (χ4v) is 11.5. The number of benzene rings is 6. The smallest absolute Gasteiger partial charge is 0.252 e. The van der Waals surface area contributed by atoms with Gasteiger partial charge < -0.3 is 14.7 Å². The molecule has 0 N–H and O–H groups in total. The molecule has 1 fully saturated rings. The van der Waals surface area contributed by atoms with Crippen molar-refractivity contribution in [1.29, 1.82) is 0 Å². The van der Waals surface area contributed by atoms with Gasteiger partial charge in [0, 0.05) is 45.2 Å². The predicted octanol–water partition coefficient (Wildman–Crippen LogP) is 12.7. The molecular formula is C54H58BN3. The van der Waals surface area contributed by atoms with Crippen LogP contribution in [0.25, 0.3) is 0 Å². The highest BCUT2D eigenvalue weighted by atomic mass is 15.3. The topological polar surface area (TPSA) is 9.72 Å². The highest BCUT2D eigenvalue weighted by Gasteiger charge is 2.61. The second-order valence-electron chi connectivity index (χ2n) is 20.3. The third kappa shape index (κ3) is 5.19. The molecule has 292 valence electrons. The maximum absolute atomic E-state index is 2.81. The van der Waals surface area contributed by atoms with Crippen LogP contribution >= 0.6 is 0 Å². The first kappa shape index (κ1) is 37.1. The number of anilines is 8. The summed E-state index contributed by atoms with van der Waals surface area (Å²) in [7, 11) is 0. The molecule has 1 aliphatic carbocycles. The number of rotatable bonds is 4. The van der Waals surface area contributed by atoms with Crippen molar-refractivity contribution in [3.8, 4) is 0 Å². The Kier molecular flexibility index (Phi) is 8.08. The molecule has 0 spiro atoms. The highest BCUT2D eigenvalue weighted by Crippen LogP contribution is 2.61. The largest absolute Gasteiger partial charge is 0.335 e. The van der Waals surface area contributed by atoms with E-state index in [4.69, 9.17) is 0 Å². The Hall–Kier alpha value is -5.22. The summed E-state index contributed by atoms with van der Waals surface area (Å²) >= 11 is 0. The van der Waals surface area contributed by atoms with Crippen molar-refractivity contribution < 1.29 is 0 Å². The normalized spacial score (nSPS) is 20.3. The summed E-state index contributed by atoms with van der Waals surface area (Å²) in [6, 6.07) is 46.9. The SMILES string of the molecule is Cc1cc(C(C)(C)C)cc(C)c1N(c1ccc(C(C)(C)C)cc1)c1ccc2c(c1)N(c1ccccc1)c1cccc3c1B2c1cccc2c1N3C1(C)CCCCC21C. The fraction of sp³-hybridized carbons (Fsp3) is 0.333. The molecule has 6 aromatic rings. The Labute approximate surface area is 347 Å². The molecule has 6 aromatic carbocycles.